The number of anilines is 1. The van der Waals surface area contributed by atoms with Gasteiger partial charge in [0.25, 0.3) is 11.1 Å². The number of benzene rings is 2. The number of carbonyl (C=O) groups excluding carboxylic acids is 2. The van der Waals surface area contributed by atoms with Crippen LogP contribution >= 0.6 is 11.8 Å². The molecule has 0 spiro atoms. The van der Waals surface area contributed by atoms with Gasteiger partial charge in [0, 0.05) is 18.8 Å². The van der Waals surface area contributed by atoms with Crippen LogP contribution in [-0.2, 0) is 9.53 Å². The van der Waals surface area contributed by atoms with E-state index in [1.807, 2.05) is 37.3 Å². The van der Waals surface area contributed by atoms with Gasteiger partial charge in [-0.2, -0.15) is 0 Å². The number of imide groups is 1. The lowest BCUT2D eigenvalue weighted by molar-refractivity contribution is -0.123. The SMILES string of the molecule is Cc1ccc(C(C)C)c(OCCN2C(=O)S/C(=C\c3ccc(N4CCOCC4)cc3)C2=O)c1. The molecule has 2 aliphatic rings. The maximum absolute atomic E-state index is 12.8. The van der Waals surface area contributed by atoms with Crippen molar-refractivity contribution in [3.05, 3.63) is 64.1 Å². The molecule has 0 atom stereocenters. The fourth-order valence-corrected chi connectivity index (χ4v) is 4.80. The van der Waals surface area contributed by atoms with Crippen LogP contribution in [0.4, 0.5) is 10.5 Å². The summed E-state index contributed by atoms with van der Waals surface area (Å²) in [6.45, 7) is 9.97. The molecule has 2 aliphatic heterocycles. The van der Waals surface area contributed by atoms with Crippen LogP contribution in [0.1, 0.15) is 36.5 Å². The quantitative estimate of drug-likeness (QED) is 0.531. The van der Waals surface area contributed by atoms with Crippen molar-refractivity contribution in [1.29, 1.82) is 0 Å². The Bertz CT molecular complexity index is 1040. The molecule has 0 aromatic heterocycles. The molecule has 2 fully saturated rings. The lowest BCUT2D eigenvalue weighted by atomic mass is 10.0. The number of amides is 2. The summed E-state index contributed by atoms with van der Waals surface area (Å²) in [6, 6.07) is 14.2. The zero-order chi connectivity index (χ0) is 23.4. The largest absolute Gasteiger partial charge is 0.491 e. The van der Waals surface area contributed by atoms with Crippen molar-refractivity contribution >= 4 is 34.7 Å². The summed E-state index contributed by atoms with van der Waals surface area (Å²) in [7, 11) is 0. The van der Waals surface area contributed by atoms with E-state index in [4.69, 9.17) is 9.47 Å². The molecule has 33 heavy (non-hydrogen) atoms. The fourth-order valence-electron chi connectivity index (χ4n) is 3.94. The van der Waals surface area contributed by atoms with Gasteiger partial charge >= 0.3 is 0 Å². The summed E-state index contributed by atoms with van der Waals surface area (Å²) >= 11 is 0.982. The van der Waals surface area contributed by atoms with Crippen molar-refractivity contribution < 1.29 is 19.1 Å². The Balaban J connectivity index is 1.37. The Labute approximate surface area is 199 Å². The lowest BCUT2D eigenvalue weighted by Gasteiger charge is -2.28. The molecule has 0 N–H and O–H groups in total. The molecule has 0 bridgehead atoms. The number of hydrogen-bond donors (Lipinski definition) is 0. The van der Waals surface area contributed by atoms with Crippen LogP contribution in [0.25, 0.3) is 6.08 Å². The minimum atomic E-state index is -0.265. The van der Waals surface area contributed by atoms with Gasteiger partial charge in [-0.25, -0.2) is 0 Å². The average molecular weight is 467 g/mol. The summed E-state index contributed by atoms with van der Waals surface area (Å²) in [5, 5.41) is -0.256. The predicted molar refractivity (Wildman–Crippen MR) is 133 cm³/mol. The highest BCUT2D eigenvalue weighted by Crippen LogP contribution is 2.33. The van der Waals surface area contributed by atoms with Crippen molar-refractivity contribution in [2.45, 2.75) is 26.7 Å². The maximum atomic E-state index is 12.8. The van der Waals surface area contributed by atoms with Crippen LogP contribution in [0, 0.1) is 6.92 Å². The van der Waals surface area contributed by atoms with Gasteiger partial charge < -0.3 is 14.4 Å². The minimum Gasteiger partial charge on any atom is -0.491 e. The molecule has 4 rings (SSSR count). The number of aryl methyl sites for hydroxylation is 1. The number of nitrogens with zero attached hydrogens (tertiary/aromatic N) is 2. The molecule has 2 aromatic carbocycles. The van der Waals surface area contributed by atoms with Crippen LogP contribution in [0.2, 0.25) is 0 Å². The summed E-state index contributed by atoms with van der Waals surface area (Å²) in [6.07, 6.45) is 1.78. The molecule has 2 heterocycles. The second-order valence-corrected chi connectivity index (χ2v) is 9.56. The number of thioether (sulfide) groups is 1. The molecule has 2 aromatic rings. The van der Waals surface area contributed by atoms with E-state index in [0.29, 0.717) is 10.8 Å². The number of morpholine rings is 1. The first-order valence-corrected chi connectivity index (χ1v) is 12.2. The van der Waals surface area contributed by atoms with E-state index in [9.17, 15) is 9.59 Å². The summed E-state index contributed by atoms with van der Waals surface area (Å²) in [4.78, 5) is 29.3. The zero-order valence-corrected chi connectivity index (χ0v) is 20.2. The minimum absolute atomic E-state index is 0.226. The molecule has 0 saturated carbocycles. The second-order valence-electron chi connectivity index (χ2n) is 8.57. The third-order valence-electron chi connectivity index (χ3n) is 5.80. The van der Waals surface area contributed by atoms with Gasteiger partial charge in [0.1, 0.15) is 12.4 Å². The Morgan fingerprint density at radius 1 is 1.09 bits per heavy atom. The van der Waals surface area contributed by atoms with Gasteiger partial charge in [-0.3, -0.25) is 14.5 Å². The van der Waals surface area contributed by atoms with Gasteiger partial charge in [0.15, 0.2) is 0 Å². The van der Waals surface area contributed by atoms with Crippen molar-refractivity contribution in [3.63, 3.8) is 0 Å². The normalized spacial score (nSPS) is 18.0. The van der Waals surface area contributed by atoms with Gasteiger partial charge in [0.2, 0.25) is 0 Å². The van der Waals surface area contributed by atoms with Crippen LogP contribution in [0.5, 0.6) is 5.75 Å². The van der Waals surface area contributed by atoms with Crippen LogP contribution in [0.15, 0.2) is 47.4 Å². The van der Waals surface area contributed by atoms with Crippen LogP contribution < -0.4 is 9.64 Å². The van der Waals surface area contributed by atoms with E-state index in [-0.39, 0.29) is 24.3 Å². The zero-order valence-electron chi connectivity index (χ0n) is 19.4. The standard InChI is InChI=1S/C26H30N2O4S/c1-18(2)22-9-4-19(3)16-23(22)32-15-12-28-25(29)24(33-26(28)30)17-20-5-7-21(8-6-20)27-10-13-31-14-11-27/h4-9,16-18H,10-15H2,1-3H3/b24-17-. The van der Waals surface area contributed by atoms with E-state index < -0.39 is 0 Å². The summed E-state index contributed by atoms with van der Waals surface area (Å²) < 4.78 is 11.4. The third-order valence-corrected chi connectivity index (χ3v) is 6.71. The van der Waals surface area contributed by atoms with E-state index in [2.05, 4.69) is 30.9 Å². The maximum Gasteiger partial charge on any atom is 0.293 e. The molecular weight excluding hydrogens is 436 g/mol. The summed E-state index contributed by atoms with van der Waals surface area (Å²) in [5.41, 5.74) is 4.27. The molecular formula is C26H30N2O4S. The van der Waals surface area contributed by atoms with Gasteiger partial charge in [-0.1, -0.05) is 38.1 Å². The predicted octanol–water partition coefficient (Wildman–Crippen LogP) is 5.07. The molecule has 7 heteroatoms. The number of carbonyl (C=O) groups is 2. The highest BCUT2D eigenvalue weighted by molar-refractivity contribution is 8.18. The highest BCUT2D eigenvalue weighted by Gasteiger charge is 2.34. The monoisotopic (exact) mass is 466 g/mol. The van der Waals surface area contributed by atoms with Gasteiger partial charge in [-0.15, -0.1) is 0 Å². The Kier molecular flexibility index (Phi) is 7.40. The average Bonchev–Trinajstić information content (AvgIpc) is 3.07. The number of rotatable bonds is 7. The highest BCUT2D eigenvalue weighted by atomic mass is 32.2. The third kappa shape index (κ3) is 5.60. The van der Waals surface area contributed by atoms with Crippen molar-refractivity contribution in [2.75, 3.05) is 44.4 Å². The first-order chi connectivity index (χ1) is 15.9. The molecule has 6 nitrogen and oxygen atoms in total. The van der Waals surface area contributed by atoms with E-state index >= 15 is 0 Å². The topological polar surface area (TPSA) is 59.1 Å². The van der Waals surface area contributed by atoms with Crippen LogP contribution in [-0.4, -0.2) is 55.5 Å². The van der Waals surface area contributed by atoms with Crippen LogP contribution in [0.3, 0.4) is 0 Å². The Morgan fingerprint density at radius 2 is 1.82 bits per heavy atom. The van der Waals surface area contributed by atoms with Gasteiger partial charge in [-0.05, 0) is 65.6 Å². The first-order valence-electron chi connectivity index (χ1n) is 11.3. The molecule has 0 radical (unpaired) electrons. The van der Waals surface area contributed by atoms with Gasteiger partial charge in [0.05, 0.1) is 24.7 Å². The molecule has 0 unspecified atom stereocenters. The number of ether oxygens (including phenoxy) is 2. The summed E-state index contributed by atoms with van der Waals surface area (Å²) in [5.74, 6) is 0.877. The Morgan fingerprint density at radius 3 is 2.52 bits per heavy atom. The van der Waals surface area contributed by atoms with E-state index in [0.717, 1.165) is 66.2 Å². The van der Waals surface area contributed by atoms with E-state index in [1.54, 1.807) is 6.08 Å². The fraction of sp³-hybridized carbons (Fsp3) is 0.385. The second kappa shape index (κ2) is 10.4. The van der Waals surface area contributed by atoms with E-state index in [1.165, 1.54) is 4.90 Å². The lowest BCUT2D eigenvalue weighted by Crippen LogP contribution is -2.36. The molecule has 174 valence electrons. The van der Waals surface area contributed by atoms with Crippen molar-refractivity contribution in [1.82, 2.24) is 4.90 Å². The Hall–Kier alpha value is -2.77. The molecule has 2 saturated heterocycles. The molecule has 2 amide bonds. The van der Waals surface area contributed by atoms with Crippen molar-refractivity contribution in [3.8, 4) is 5.75 Å². The number of hydrogen-bond acceptors (Lipinski definition) is 6. The molecule has 0 aliphatic carbocycles. The smallest absolute Gasteiger partial charge is 0.293 e. The first kappa shape index (κ1) is 23.4. The van der Waals surface area contributed by atoms with Crippen molar-refractivity contribution in [2.24, 2.45) is 0 Å².